The lowest BCUT2D eigenvalue weighted by molar-refractivity contribution is 0.0584. The Morgan fingerprint density at radius 3 is 2.87 bits per heavy atom. The molecule has 0 radical (unpaired) electrons. The maximum Gasteiger partial charge on any atom is 0.414 e. The average Bonchev–Trinajstić information content (AvgIpc) is 3.12. The molecular formula is C18H22N2O2S. The van der Waals surface area contributed by atoms with Gasteiger partial charge in [0.15, 0.2) is 0 Å². The van der Waals surface area contributed by atoms with Crippen LogP contribution in [0.3, 0.4) is 0 Å². The smallest absolute Gasteiger partial charge is 0.414 e. The van der Waals surface area contributed by atoms with E-state index in [4.69, 9.17) is 4.74 Å². The fourth-order valence-corrected chi connectivity index (χ4v) is 3.28. The number of ether oxygens (including phenoxy) is 1. The largest absolute Gasteiger partial charge is 0.443 e. The molecule has 0 atom stereocenters. The van der Waals surface area contributed by atoms with E-state index in [2.05, 4.69) is 28.2 Å². The second kappa shape index (κ2) is 6.24. The van der Waals surface area contributed by atoms with Crippen LogP contribution in [0.4, 0.5) is 16.2 Å². The van der Waals surface area contributed by atoms with E-state index in [1.54, 1.807) is 16.2 Å². The van der Waals surface area contributed by atoms with Crippen LogP contribution in [-0.2, 0) is 17.7 Å². The number of amides is 1. The zero-order valence-electron chi connectivity index (χ0n) is 13.8. The van der Waals surface area contributed by atoms with Gasteiger partial charge in [-0.05, 0) is 73.3 Å². The molecule has 1 aromatic carbocycles. The predicted octanol–water partition coefficient (Wildman–Crippen LogP) is 4.66. The Balaban J connectivity index is 1.68. The van der Waals surface area contributed by atoms with E-state index in [-0.39, 0.29) is 6.09 Å². The van der Waals surface area contributed by atoms with E-state index in [1.165, 1.54) is 11.1 Å². The monoisotopic (exact) mass is 330 g/mol. The highest BCUT2D eigenvalue weighted by Gasteiger charge is 2.28. The average molecular weight is 330 g/mol. The summed E-state index contributed by atoms with van der Waals surface area (Å²) in [5.41, 5.74) is 4.04. The molecule has 5 heteroatoms. The fraction of sp³-hybridized carbons (Fsp3) is 0.389. The van der Waals surface area contributed by atoms with Crippen LogP contribution in [0, 0.1) is 0 Å². The van der Waals surface area contributed by atoms with Crippen molar-refractivity contribution in [2.45, 2.75) is 39.3 Å². The van der Waals surface area contributed by atoms with Crippen LogP contribution >= 0.6 is 11.3 Å². The SMILES string of the molecule is CC(C)(C)OC(=O)N1CCc2cc(NCc3ccsc3)ccc21. The van der Waals surface area contributed by atoms with Crippen LogP contribution in [0.2, 0.25) is 0 Å². The summed E-state index contributed by atoms with van der Waals surface area (Å²) in [4.78, 5) is 14.0. The van der Waals surface area contributed by atoms with Gasteiger partial charge in [-0.3, -0.25) is 4.90 Å². The Bertz CT molecular complexity index is 690. The first kappa shape index (κ1) is 15.9. The summed E-state index contributed by atoms with van der Waals surface area (Å²) in [7, 11) is 0. The number of carbonyl (C=O) groups is 1. The molecule has 4 nitrogen and oxygen atoms in total. The molecule has 1 aliphatic heterocycles. The number of nitrogens with zero attached hydrogens (tertiary/aromatic N) is 1. The number of anilines is 2. The summed E-state index contributed by atoms with van der Waals surface area (Å²) >= 11 is 1.70. The van der Waals surface area contributed by atoms with Crippen LogP contribution in [-0.4, -0.2) is 18.2 Å². The third kappa shape index (κ3) is 3.85. The second-order valence-corrected chi connectivity index (χ2v) is 7.49. The molecule has 0 saturated carbocycles. The molecule has 1 aromatic heterocycles. The topological polar surface area (TPSA) is 41.6 Å². The number of fused-ring (bicyclic) bond motifs is 1. The number of hydrogen-bond acceptors (Lipinski definition) is 4. The third-order valence-electron chi connectivity index (χ3n) is 3.67. The molecule has 0 unspecified atom stereocenters. The van der Waals surface area contributed by atoms with Crippen LogP contribution in [0.5, 0.6) is 0 Å². The van der Waals surface area contributed by atoms with Crippen molar-refractivity contribution >= 4 is 28.8 Å². The molecule has 3 rings (SSSR count). The minimum atomic E-state index is -0.470. The second-order valence-electron chi connectivity index (χ2n) is 6.71. The molecule has 1 amide bonds. The molecule has 2 heterocycles. The van der Waals surface area contributed by atoms with Gasteiger partial charge in [0.05, 0.1) is 5.69 Å². The normalized spacial score (nSPS) is 13.8. The Hall–Kier alpha value is -2.01. The first-order valence-corrected chi connectivity index (χ1v) is 8.75. The van der Waals surface area contributed by atoms with Gasteiger partial charge in [0.25, 0.3) is 0 Å². The Morgan fingerprint density at radius 2 is 2.17 bits per heavy atom. The first-order valence-electron chi connectivity index (χ1n) is 7.81. The van der Waals surface area contributed by atoms with Gasteiger partial charge in [-0.15, -0.1) is 0 Å². The maximum absolute atomic E-state index is 12.3. The predicted molar refractivity (Wildman–Crippen MR) is 95.4 cm³/mol. The van der Waals surface area contributed by atoms with Gasteiger partial charge in [-0.2, -0.15) is 11.3 Å². The molecule has 0 spiro atoms. The number of benzene rings is 1. The van der Waals surface area contributed by atoms with Gasteiger partial charge >= 0.3 is 6.09 Å². The summed E-state index contributed by atoms with van der Waals surface area (Å²) in [6.45, 7) is 7.16. The zero-order valence-corrected chi connectivity index (χ0v) is 14.6. The lowest BCUT2D eigenvalue weighted by Gasteiger charge is -2.24. The van der Waals surface area contributed by atoms with Crippen molar-refractivity contribution in [2.24, 2.45) is 0 Å². The summed E-state index contributed by atoms with van der Waals surface area (Å²) in [6.07, 6.45) is 0.595. The molecule has 1 N–H and O–H groups in total. The summed E-state index contributed by atoms with van der Waals surface area (Å²) in [5, 5.41) is 7.66. The third-order valence-corrected chi connectivity index (χ3v) is 4.40. The molecule has 0 bridgehead atoms. The van der Waals surface area contributed by atoms with Gasteiger partial charge in [-0.1, -0.05) is 0 Å². The van der Waals surface area contributed by atoms with Crippen LogP contribution in [0.1, 0.15) is 31.9 Å². The van der Waals surface area contributed by atoms with Crippen LogP contribution in [0.25, 0.3) is 0 Å². The number of thiophene rings is 1. The fourth-order valence-electron chi connectivity index (χ4n) is 2.62. The molecule has 0 saturated heterocycles. The standard InChI is InChI=1S/C18H22N2O2S/c1-18(2,3)22-17(21)20-8-6-14-10-15(4-5-16(14)20)19-11-13-7-9-23-12-13/h4-5,7,9-10,12,19H,6,8,11H2,1-3H3. The Kier molecular flexibility index (Phi) is 4.31. The summed E-state index contributed by atoms with van der Waals surface area (Å²) in [6, 6.07) is 8.28. The van der Waals surface area contributed by atoms with Crippen molar-refractivity contribution in [3.8, 4) is 0 Å². The van der Waals surface area contributed by atoms with Gasteiger partial charge in [0.1, 0.15) is 5.60 Å². The number of nitrogens with one attached hydrogen (secondary N) is 1. The highest BCUT2D eigenvalue weighted by Crippen LogP contribution is 2.31. The number of rotatable bonds is 3. The van der Waals surface area contributed by atoms with Gasteiger partial charge in [-0.25, -0.2) is 4.79 Å². The first-order chi connectivity index (χ1) is 10.9. The van der Waals surface area contributed by atoms with E-state index in [0.717, 1.165) is 24.3 Å². The molecular weight excluding hydrogens is 308 g/mol. The molecule has 0 aliphatic carbocycles. The Morgan fingerprint density at radius 1 is 1.35 bits per heavy atom. The quantitative estimate of drug-likeness (QED) is 0.890. The zero-order chi connectivity index (χ0) is 16.4. The number of carbonyl (C=O) groups excluding carboxylic acids is 1. The summed E-state index contributed by atoms with van der Waals surface area (Å²) in [5.74, 6) is 0. The molecule has 0 fully saturated rings. The van der Waals surface area contributed by atoms with Crippen molar-refractivity contribution in [3.63, 3.8) is 0 Å². The highest BCUT2D eigenvalue weighted by molar-refractivity contribution is 7.07. The van der Waals surface area contributed by atoms with E-state index in [1.807, 2.05) is 32.9 Å². The highest BCUT2D eigenvalue weighted by atomic mass is 32.1. The van der Waals surface area contributed by atoms with Crippen LogP contribution in [0.15, 0.2) is 35.0 Å². The number of hydrogen-bond donors (Lipinski definition) is 1. The van der Waals surface area contributed by atoms with Crippen LogP contribution < -0.4 is 10.2 Å². The maximum atomic E-state index is 12.3. The molecule has 1 aliphatic rings. The molecule has 23 heavy (non-hydrogen) atoms. The minimum Gasteiger partial charge on any atom is -0.443 e. The van der Waals surface area contributed by atoms with E-state index >= 15 is 0 Å². The minimum absolute atomic E-state index is 0.268. The lowest BCUT2D eigenvalue weighted by Crippen LogP contribution is -2.35. The van der Waals surface area contributed by atoms with Crippen molar-refractivity contribution in [3.05, 3.63) is 46.2 Å². The van der Waals surface area contributed by atoms with E-state index in [9.17, 15) is 4.79 Å². The Labute approximate surface area is 141 Å². The van der Waals surface area contributed by atoms with E-state index < -0.39 is 5.60 Å². The van der Waals surface area contributed by atoms with Gasteiger partial charge in [0, 0.05) is 18.8 Å². The molecule has 122 valence electrons. The van der Waals surface area contributed by atoms with Gasteiger partial charge in [0.2, 0.25) is 0 Å². The van der Waals surface area contributed by atoms with E-state index in [0.29, 0.717) is 6.54 Å². The van der Waals surface area contributed by atoms with Crippen molar-refractivity contribution < 1.29 is 9.53 Å². The van der Waals surface area contributed by atoms with Crippen molar-refractivity contribution in [1.29, 1.82) is 0 Å². The van der Waals surface area contributed by atoms with Gasteiger partial charge < -0.3 is 10.1 Å². The summed E-state index contributed by atoms with van der Waals surface area (Å²) < 4.78 is 5.48. The lowest BCUT2D eigenvalue weighted by atomic mass is 10.1. The van der Waals surface area contributed by atoms with Crippen molar-refractivity contribution in [1.82, 2.24) is 0 Å². The van der Waals surface area contributed by atoms with Crippen molar-refractivity contribution in [2.75, 3.05) is 16.8 Å². The molecule has 2 aromatic rings.